The Balaban J connectivity index is 0.00000436. The van der Waals surface area contributed by atoms with Gasteiger partial charge in [-0.3, -0.25) is 0 Å². The molecule has 10 rings (SSSR count). The largest absolute Gasteiger partial charge is 0.525 e. The normalized spacial score (nSPS) is 12.7. The van der Waals surface area contributed by atoms with Crippen LogP contribution >= 0.6 is 0 Å². The third-order valence-corrected chi connectivity index (χ3v) is 11.5. The maximum atomic E-state index is 6.61. The molecule has 0 spiro atoms. The van der Waals surface area contributed by atoms with Crippen LogP contribution < -0.4 is 19.5 Å². The van der Waals surface area contributed by atoms with Gasteiger partial charge in [0.25, 0.3) is 0 Å². The minimum atomic E-state index is -0.406. The standard InChI is InChI=1S/C50H42BN5O.Pt/c1-32-15-12-16-33(2)48(32)51-54-31-53(43-23-10-11-24-44(43)54)37-19-14-20-38(29-37)57-39-25-26-41-40-21-8-9-22-42(40)55(45(41)30-39)46-27-36(50(5,6)7)28-47(52-46)56(51)49-34(3)17-13-18-35(49)4;/h8-28H,1-7H3;/q-2;. The van der Waals surface area contributed by atoms with Crippen molar-refractivity contribution in [3.05, 3.63) is 174 Å². The zero-order valence-electron chi connectivity index (χ0n) is 33.7. The van der Waals surface area contributed by atoms with Crippen molar-refractivity contribution in [2.24, 2.45) is 0 Å². The first-order valence-corrected chi connectivity index (χ1v) is 19.6. The molecule has 0 radical (unpaired) electrons. The number of rotatable bonds is 2. The van der Waals surface area contributed by atoms with Crippen LogP contribution in [0.4, 0.5) is 11.5 Å². The van der Waals surface area contributed by atoms with Gasteiger partial charge in [0, 0.05) is 54.7 Å². The number of hydrogen-bond donors (Lipinski definition) is 0. The Morgan fingerprint density at radius 1 is 0.638 bits per heavy atom. The van der Waals surface area contributed by atoms with Crippen molar-refractivity contribution in [3.8, 4) is 23.0 Å². The number of nitrogens with zero attached hydrogens (tertiary/aromatic N) is 5. The topological polar surface area (TPSA) is 39.1 Å². The minimum Gasteiger partial charge on any atom is -0.510 e. The predicted octanol–water partition coefficient (Wildman–Crippen LogP) is 10.5. The van der Waals surface area contributed by atoms with Crippen LogP contribution in [0.5, 0.6) is 11.5 Å². The van der Waals surface area contributed by atoms with Crippen LogP contribution in [0.2, 0.25) is 0 Å². The Kier molecular flexibility index (Phi) is 9.21. The van der Waals surface area contributed by atoms with Gasteiger partial charge in [-0.25, -0.2) is 4.98 Å². The van der Waals surface area contributed by atoms with Gasteiger partial charge in [0.05, 0.1) is 5.52 Å². The van der Waals surface area contributed by atoms with Gasteiger partial charge in [0.15, 0.2) is 0 Å². The van der Waals surface area contributed by atoms with E-state index in [2.05, 4.69) is 195 Å². The molecule has 6 nitrogen and oxygen atoms in total. The number of aryl methyl sites for hydroxylation is 4. The predicted molar refractivity (Wildman–Crippen MR) is 232 cm³/mol. The Labute approximate surface area is 354 Å². The van der Waals surface area contributed by atoms with Crippen molar-refractivity contribution < 1.29 is 30.3 Å². The molecule has 0 amide bonds. The average Bonchev–Trinajstić information content (AvgIpc) is 3.73. The van der Waals surface area contributed by atoms with Crippen molar-refractivity contribution in [1.29, 1.82) is 0 Å². The summed E-state index contributed by atoms with van der Waals surface area (Å²) in [5, 5.41) is 2.21. The summed E-state index contributed by atoms with van der Waals surface area (Å²) in [5.74, 6) is 2.84. The van der Waals surface area contributed by atoms with Gasteiger partial charge in [-0.15, -0.1) is 29.7 Å². The van der Waals surface area contributed by atoms with Crippen LogP contribution in [-0.4, -0.2) is 21.1 Å². The van der Waals surface area contributed by atoms with E-state index in [0.717, 1.165) is 67.0 Å². The number of ether oxygens (including phenoxy) is 1. The van der Waals surface area contributed by atoms with Crippen LogP contribution in [0.1, 0.15) is 48.6 Å². The summed E-state index contributed by atoms with van der Waals surface area (Å²) in [7, 11) is 0. The summed E-state index contributed by atoms with van der Waals surface area (Å²) >= 11 is 0. The number of hydrogen-bond acceptors (Lipinski definition) is 3. The maximum Gasteiger partial charge on any atom is 0.525 e. The molecule has 288 valence electrons. The average molecular weight is 935 g/mol. The molecular formula is C50H42BN5OPt-2. The Bertz CT molecular complexity index is 3030. The zero-order valence-corrected chi connectivity index (χ0v) is 35.9. The van der Waals surface area contributed by atoms with E-state index >= 15 is 0 Å². The molecule has 0 saturated carbocycles. The second-order valence-electron chi connectivity index (χ2n) is 16.3. The van der Waals surface area contributed by atoms with Gasteiger partial charge in [0.2, 0.25) is 6.33 Å². The zero-order chi connectivity index (χ0) is 39.2. The molecular weight excluding hydrogens is 892 g/mol. The van der Waals surface area contributed by atoms with Crippen LogP contribution in [0.25, 0.3) is 44.3 Å². The molecule has 0 unspecified atom stereocenters. The van der Waals surface area contributed by atoms with E-state index < -0.39 is 6.98 Å². The summed E-state index contributed by atoms with van der Waals surface area (Å²) in [6.07, 6.45) is 3.88. The molecule has 0 fully saturated rings. The van der Waals surface area contributed by atoms with E-state index in [0.29, 0.717) is 11.5 Å². The monoisotopic (exact) mass is 934 g/mol. The summed E-state index contributed by atoms with van der Waals surface area (Å²) < 4.78 is 13.3. The van der Waals surface area contributed by atoms with Crippen molar-refractivity contribution >= 4 is 56.8 Å². The van der Waals surface area contributed by atoms with Crippen molar-refractivity contribution in [2.75, 3.05) is 4.81 Å². The first-order valence-electron chi connectivity index (χ1n) is 19.6. The number of fused-ring (bicyclic) bond motifs is 15. The van der Waals surface area contributed by atoms with Crippen LogP contribution in [0.15, 0.2) is 127 Å². The van der Waals surface area contributed by atoms with E-state index in [9.17, 15) is 0 Å². The van der Waals surface area contributed by atoms with Gasteiger partial charge < -0.3 is 23.2 Å². The van der Waals surface area contributed by atoms with Gasteiger partial charge >= 0.3 is 6.98 Å². The quantitative estimate of drug-likeness (QED) is 0.128. The number of pyridine rings is 1. The Morgan fingerprint density at radius 2 is 1.28 bits per heavy atom. The molecule has 0 N–H and O–H groups in total. The molecule has 1 aliphatic rings. The van der Waals surface area contributed by atoms with Crippen LogP contribution in [0, 0.1) is 46.2 Å². The molecule has 6 aromatic carbocycles. The molecule has 58 heavy (non-hydrogen) atoms. The van der Waals surface area contributed by atoms with Crippen LogP contribution in [-0.2, 0) is 26.5 Å². The SMILES string of the molecule is Cc1cccc(C)c1B1N(c2c(C)cccc2C)c2cc(C(C)(C)C)cc(n2)-n2c3[c-]c(ccc3c3ccccc32)Oc2[c-]c(ccc2)-n2[c-][n+]1c1ccccc12.[Pt]. The van der Waals surface area contributed by atoms with E-state index in [1.807, 2.05) is 18.2 Å². The summed E-state index contributed by atoms with van der Waals surface area (Å²) in [6.45, 7) is 15.3. The fourth-order valence-corrected chi connectivity index (χ4v) is 8.69. The fourth-order valence-electron chi connectivity index (χ4n) is 8.69. The van der Waals surface area contributed by atoms with E-state index in [1.54, 1.807) is 0 Å². The van der Waals surface area contributed by atoms with Crippen molar-refractivity contribution in [1.82, 2.24) is 14.1 Å². The number of anilines is 2. The number of benzene rings is 6. The molecule has 3 aromatic heterocycles. The second-order valence-corrected chi connectivity index (χ2v) is 16.3. The Morgan fingerprint density at radius 3 is 2.02 bits per heavy atom. The van der Waals surface area contributed by atoms with Gasteiger partial charge in [-0.1, -0.05) is 111 Å². The second kappa shape index (κ2) is 14.2. The van der Waals surface area contributed by atoms with Gasteiger partial charge in [0.1, 0.15) is 11.6 Å². The van der Waals surface area contributed by atoms with Crippen molar-refractivity contribution in [3.63, 3.8) is 0 Å². The summed E-state index contributed by atoms with van der Waals surface area (Å²) in [6, 6.07) is 52.2. The van der Waals surface area contributed by atoms with Gasteiger partial charge in [-0.2, -0.15) is 18.2 Å². The third kappa shape index (κ3) is 6.06. The fraction of sp³-hybridized carbons (Fsp3) is 0.160. The van der Waals surface area contributed by atoms with Crippen LogP contribution in [0.3, 0.4) is 0 Å². The molecule has 1 aliphatic heterocycles. The molecule has 0 atom stereocenters. The first-order chi connectivity index (χ1) is 27.5. The van der Waals surface area contributed by atoms with Crippen molar-refractivity contribution in [2.45, 2.75) is 53.9 Å². The third-order valence-electron chi connectivity index (χ3n) is 11.5. The maximum absolute atomic E-state index is 6.61. The first kappa shape index (κ1) is 37.7. The number of aromatic nitrogens is 4. The smallest absolute Gasteiger partial charge is 0.510 e. The molecule has 9 aromatic rings. The molecule has 8 heteroatoms. The Hall–Kier alpha value is -5.91. The summed E-state index contributed by atoms with van der Waals surface area (Å²) in [5.41, 5.74) is 12.7. The van der Waals surface area contributed by atoms with E-state index in [4.69, 9.17) is 9.72 Å². The summed E-state index contributed by atoms with van der Waals surface area (Å²) in [4.78, 5) is 8.23. The minimum absolute atomic E-state index is 0. The van der Waals surface area contributed by atoms with Gasteiger partial charge in [-0.05, 0) is 84.5 Å². The van der Waals surface area contributed by atoms with E-state index in [-0.39, 0.29) is 26.5 Å². The number of imidazole rings is 1. The molecule has 4 heterocycles. The van der Waals surface area contributed by atoms with E-state index in [1.165, 1.54) is 22.2 Å². The molecule has 0 aliphatic carbocycles. The number of para-hydroxylation sites is 4. The molecule has 8 bridgehead atoms. The molecule has 0 saturated heterocycles.